The molecule has 3 unspecified atom stereocenters. The third-order valence-electron chi connectivity index (χ3n) is 4.42. The van der Waals surface area contributed by atoms with Crippen LogP contribution in [0.1, 0.15) is 25.7 Å². The van der Waals surface area contributed by atoms with Gasteiger partial charge < -0.3 is 20.1 Å². The zero-order valence-corrected chi connectivity index (χ0v) is 15.2. The van der Waals surface area contributed by atoms with Gasteiger partial charge in [-0.05, 0) is 43.9 Å². The van der Waals surface area contributed by atoms with Gasteiger partial charge in [0.15, 0.2) is 5.96 Å². The van der Waals surface area contributed by atoms with Crippen LogP contribution in [0.2, 0.25) is 10.0 Å². The molecule has 0 spiro atoms. The van der Waals surface area contributed by atoms with Crippen LogP contribution >= 0.6 is 23.2 Å². The summed E-state index contributed by atoms with van der Waals surface area (Å²) in [6.45, 7) is 1.34. The van der Waals surface area contributed by atoms with E-state index >= 15 is 0 Å². The van der Waals surface area contributed by atoms with E-state index in [1.54, 1.807) is 25.2 Å². The first-order valence-electron chi connectivity index (χ1n) is 8.36. The predicted molar refractivity (Wildman–Crippen MR) is 97.4 cm³/mol. The summed E-state index contributed by atoms with van der Waals surface area (Å²) in [6, 6.07) is 5.61. The van der Waals surface area contributed by atoms with Crippen LogP contribution in [0.3, 0.4) is 0 Å². The Hall–Kier alpha value is -1.17. The first-order valence-corrected chi connectivity index (χ1v) is 9.12. The van der Waals surface area contributed by atoms with E-state index in [9.17, 15) is 0 Å². The quantitative estimate of drug-likeness (QED) is 0.457. The Kier molecular flexibility index (Phi) is 6.09. The monoisotopic (exact) mass is 371 g/mol. The Morgan fingerprint density at radius 2 is 2.25 bits per heavy atom. The lowest BCUT2D eigenvalue weighted by molar-refractivity contribution is 0.0992. The zero-order valence-electron chi connectivity index (χ0n) is 13.7. The number of aliphatic imine (C=N–C) groups is 1. The van der Waals surface area contributed by atoms with E-state index < -0.39 is 0 Å². The Morgan fingerprint density at radius 3 is 2.92 bits per heavy atom. The molecule has 2 aliphatic rings. The number of ether oxygens (including phenoxy) is 2. The lowest BCUT2D eigenvalue weighted by Crippen LogP contribution is -2.47. The summed E-state index contributed by atoms with van der Waals surface area (Å²) in [6.07, 6.45) is 5.03. The molecular formula is C17H23Cl2N3O2. The number of halogens is 2. The van der Waals surface area contributed by atoms with Crippen LogP contribution in [-0.2, 0) is 4.74 Å². The van der Waals surface area contributed by atoms with E-state index in [2.05, 4.69) is 15.6 Å². The minimum Gasteiger partial charge on any atom is -0.492 e. The fraction of sp³-hybridized carbons (Fsp3) is 0.588. The maximum absolute atomic E-state index is 6.08. The molecule has 0 saturated carbocycles. The second kappa shape index (κ2) is 8.28. The smallest absolute Gasteiger partial charge is 0.191 e. The Labute approximate surface area is 152 Å². The van der Waals surface area contributed by atoms with Crippen molar-refractivity contribution >= 4 is 29.2 Å². The third-order valence-corrected chi connectivity index (χ3v) is 4.95. The zero-order chi connectivity index (χ0) is 16.9. The van der Waals surface area contributed by atoms with Crippen molar-refractivity contribution < 1.29 is 9.47 Å². The Balaban J connectivity index is 1.34. The number of rotatable bonds is 6. The summed E-state index contributed by atoms with van der Waals surface area (Å²) in [4.78, 5) is 4.28. The summed E-state index contributed by atoms with van der Waals surface area (Å²) < 4.78 is 11.5. The van der Waals surface area contributed by atoms with Gasteiger partial charge in [0.1, 0.15) is 5.75 Å². The lowest BCUT2D eigenvalue weighted by atomic mass is 9.96. The van der Waals surface area contributed by atoms with Gasteiger partial charge in [-0.1, -0.05) is 23.2 Å². The number of guanidine groups is 1. The molecule has 1 aromatic carbocycles. The Bertz CT molecular complexity index is 597. The molecule has 2 N–H and O–H groups in total. The molecule has 0 aromatic heterocycles. The van der Waals surface area contributed by atoms with Crippen molar-refractivity contribution in [3.05, 3.63) is 28.2 Å². The molecule has 3 atom stereocenters. The van der Waals surface area contributed by atoms with Gasteiger partial charge in [-0.3, -0.25) is 4.99 Å². The molecule has 132 valence electrons. The SMILES string of the molecule is CN=C(NCCCOc1ccc(Cl)cc1Cl)NC1CC2CCC1O2. The molecule has 3 rings (SSSR count). The highest BCUT2D eigenvalue weighted by Gasteiger charge is 2.41. The van der Waals surface area contributed by atoms with Gasteiger partial charge in [0, 0.05) is 18.6 Å². The van der Waals surface area contributed by atoms with E-state index in [1.165, 1.54) is 6.42 Å². The van der Waals surface area contributed by atoms with Gasteiger partial charge in [0.25, 0.3) is 0 Å². The first-order chi connectivity index (χ1) is 11.7. The highest BCUT2D eigenvalue weighted by atomic mass is 35.5. The number of nitrogens with one attached hydrogen (secondary N) is 2. The van der Waals surface area contributed by atoms with Crippen molar-refractivity contribution in [1.29, 1.82) is 0 Å². The molecule has 2 saturated heterocycles. The molecule has 24 heavy (non-hydrogen) atoms. The second-order valence-corrected chi connectivity index (χ2v) is 6.98. The molecule has 5 nitrogen and oxygen atoms in total. The molecule has 0 radical (unpaired) electrons. The largest absolute Gasteiger partial charge is 0.492 e. The first kappa shape index (κ1) is 17.6. The van der Waals surface area contributed by atoms with Crippen molar-refractivity contribution in [3.8, 4) is 5.75 Å². The maximum Gasteiger partial charge on any atom is 0.191 e. The van der Waals surface area contributed by atoms with Crippen molar-refractivity contribution in [1.82, 2.24) is 10.6 Å². The molecule has 0 aliphatic carbocycles. The van der Waals surface area contributed by atoms with Crippen LogP contribution in [-0.4, -0.2) is 44.4 Å². The maximum atomic E-state index is 6.08. The van der Waals surface area contributed by atoms with Crippen LogP contribution in [0.4, 0.5) is 0 Å². The number of hydrogen-bond acceptors (Lipinski definition) is 3. The molecule has 2 bridgehead atoms. The van der Waals surface area contributed by atoms with Crippen LogP contribution in [0.5, 0.6) is 5.75 Å². The van der Waals surface area contributed by atoms with E-state index in [0.717, 1.165) is 31.8 Å². The Morgan fingerprint density at radius 1 is 1.38 bits per heavy atom. The summed E-state index contributed by atoms with van der Waals surface area (Å²) in [5.74, 6) is 1.48. The van der Waals surface area contributed by atoms with Crippen molar-refractivity contribution in [2.75, 3.05) is 20.2 Å². The predicted octanol–water partition coefficient (Wildman–Crippen LogP) is 3.25. The van der Waals surface area contributed by atoms with Gasteiger partial charge in [0.05, 0.1) is 29.9 Å². The number of benzene rings is 1. The highest BCUT2D eigenvalue weighted by Crippen LogP contribution is 2.34. The molecular weight excluding hydrogens is 349 g/mol. The summed E-state index contributed by atoms with van der Waals surface area (Å²) in [5.41, 5.74) is 0. The molecule has 2 aliphatic heterocycles. The topological polar surface area (TPSA) is 54.9 Å². The lowest BCUT2D eigenvalue weighted by Gasteiger charge is -2.22. The fourth-order valence-electron chi connectivity index (χ4n) is 3.21. The summed E-state index contributed by atoms with van der Waals surface area (Å²) >= 11 is 11.9. The minimum absolute atomic E-state index is 0.337. The molecule has 2 heterocycles. The summed E-state index contributed by atoms with van der Waals surface area (Å²) in [7, 11) is 1.79. The molecule has 7 heteroatoms. The van der Waals surface area contributed by atoms with Gasteiger partial charge in [-0.2, -0.15) is 0 Å². The van der Waals surface area contributed by atoms with Crippen LogP contribution < -0.4 is 15.4 Å². The average molecular weight is 372 g/mol. The van der Waals surface area contributed by atoms with Gasteiger partial charge in [-0.25, -0.2) is 0 Å². The molecule has 0 amide bonds. The van der Waals surface area contributed by atoms with E-state index in [1.807, 2.05) is 0 Å². The van der Waals surface area contributed by atoms with Crippen molar-refractivity contribution in [2.45, 2.75) is 43.9 Å². The van der Waals surface area contributed by atoms with Gasteiger partial charge in [-0.15, -0.1) is 0 Å². The highest BCUT2D eigenvalue weighted by molar-refractivity contribution is 6.35. The van der Waals surface area contributed by atoms with Crippen LogP contribution in [0.25, 0.3) is 0 Å². The van der Waals surface area contributed by atoms with Gasteiger partial charge >= 0.3 is 0 Å². The van der Waals surface area contributed by atoms with Crippen molar-refractivity contribution in [3.63, 3.8) is 0 Å². The van der Waals surface area contributed by atoms with E-state index in [0.29, 0.717) is 40.7 Å². The van der Waals surface area contributed by atoms with E-state index in [4.69, 9.17) is 32.7 Å². The second-order valence-electron chi connectivity index (χ2n) is 6.14. The van der Waals surface area contributed by atoms with Crippen LogP contribution in [0.15, 0.2) is 23.2 Å². The normalized spacial score (nSPS) is 25.8. The molecule has 2 fully saturated rings. The van der Waals surface area contributed by atoms with Crippen LogP contribution in [0, 0.1) is 0 Å². The number of fused-ring (bicyclic) bond motifs is 2. The van der Waals surface area contributed by atoms with E-state index in [-0.39, 0.29) is 0 Å². The minimum atomic E-state index is 0.337. The van der Waals surface area contributed by atoms with Crippen molar-refractivity contribution in [2.24, 2.45) is 4.99 Å². The standard InChI is InChI=1S/C17H23Cl2N3O2/c1-20-17(22-14-10-12-4-6-16(14)24-12)21-7-2-8-23-15-5-3-11(18)9-13(15)19/h3,5,9,12,14,16H,2,4,6-8,10H2,1H3,(H2,20,21,22). The number of hydrogen-bond donors (Lipinski definition) is 2. The average Bonchev–Trinajstić information content (AvgIpc) is 3.18. The molecule has 1 aromatic rings. The summed E-state index contributed by atoms with van der Waals surface area (Å²) in [5, 5.41) is 7.91. The fourth-order valence-corrected chi connectivity index (χ4v) is 3.68. The van der Waals surface area contributed by atoms with Gasteiger partial charge in [0.2, 0.25) is 0 Å². The third kappa shape index (κ3) is 4.47. The number of nitrogens with zero attached hydrogens (tertiary/aromatic N) is 1.